The zero-order valence-corrected chi connectivity index (χ0v) is 9.14. The van der Waals surface area contributed by atoms with Gasteiger partial charge in [-0.15, -0.1) is 0 Å². The third-order valence-electron chi connectivity index (χ3n) is 2.17. The maximum absolute atomic E-state index is 12.8. The lowest BCUT2D eigenvalue weighted by Crippen LogP contribution is -2.20. The highest BCUT2D eigenvalue weighted by atomic mass is 19.1. The van der Waals surface area contributed by atoms with E-state index in [2.05, 4.69) is 15.0 Å². The van der Waals surface area contributed by atoms with E-state index >= 15 is 0 Å². The monoisotopic (exact) mass is 236 g/mol. The van der Waals surface area contributed by atoms with E-state index in [1.165, 1.54) is 0 Å². The fraction of sp³-hybridized carbons (Fsp3) is 0.182. The highest BCUT2D eigenvalue weighted by Crippen LogP contribution is 2.09. The van der Waals surface area contributed by atoms with Crippen LogP contribution in [-0.2, 0) is 6.54 Å². The molecule has 1 aromatic heterocycles. The molecule has 1 heterocycles. The van der Waals surface area contributed by atoms with Gasteiger partial charge in [0.25, 0.3) is 0 Å². The van der Waals surface area contributed by atoms with Crippen molar-refractivity contribution in [2.24, 2.45) is 0 Å². The van der Waals surface area contributed by atoms with Gasteiger partial charge < -0.3 is 4.90 Å². The standard InChI is InChI=1S/C11H10F2N4/c1-17(7-8-5-3-2-4-6-8)11-15-9(12)14-10(13)16-11/h2-6H,7H2,1H3. The van der Waals surface area contributed by atoms with Crippen molar-refractivity contribution in [1.29, 1.82) is 0 Å². The first-order chi connectivity index (χ1) is 8.15. The molecule has 0 aliphatic rings. The Morgan fingerprint density at radius 2 is 1.59 bits per heavy atom. The van der Waals surface area contributed by atoms with Crippen LogP contribution in [0.1, 0.15) is 5.56 Å². The van der Waals surface area contributed by atoms with Gasteiger partial charge in [-0.05, 0) is 5.56 Å². The average molecular weight is 236 g/mol. The predicted octanol–water partition coefficient (Wildman–Crippen LogP) is 1.79. The summed E-state index contributed by atoms with van der Waals surface area (Å²) in [7, 11) is 1.65. The van der Waals surface area contributed by atoms with E-state index in [-0.39, 0.29) is 5.95 Å². The van der Waals surface area contributed by atoms with Crippen LogP contribution >= 0.6 is 0 Å². The number of benzene rings is 1. The van der Waals surface area contributed by atoms with Crippen molar-refractivity contribution < 1.29 is 8.78 Å². The lowest BCUT2D eigenvalue weighted by atomic mass is 10.2. The van der Waals surface area contributed by atoms with Gasteiger partial charge in [0.1, 0.15) is 0 Å². The summed E-state index contributed by atoms with van der Waals surface area (Å²) in [5, 5.41) is 0. The second kappa shape index (κ2) is 4.82. The average Bonchev–Trinajstić information content (AvgIpc) is 2.29. The zero-order valence-electron chi connectivity index (χ0n) is 9.14. The molecule has 1 aromatic carbocycles. The minimum absolute atomic E-state index is 0.0288. The summed E-state index contributed by atoms with van der Waals surface area (Å²) in [6.45, 7) is 0.462. The quantitative estimate of drug-likeness (QED) is 0.814. The molecule has 0 spiro atoms. The minimum Gasteiger partial charge on any atom is -0.339 e. The third kappa shape index (κ3) is 2.93. The summed E-state index contributed by atoms with van der Waals surface area (Å²) in [6, 6.07) is 9.48. The largest absolute Gasteiger partial charge is 0.339 e. The number of nitrogens with zero attached hydrogens (tertiary/aromatic N) is 4. The number of hydrogen-bond acceptors (Lipinski definition) is 4. The molecule has 0 bridgehead atoms. The van der Waals surface area contributed by atoms with E-state index in [9.17, 15) is 8.78 Å². The molecule has 0 fully saturated rings. The Kier molecular flexibility index (Phi) is 3.22. The van der Waals surface area contributed by atoms with Gasteiger partial charge in [-0.25, -0.2) is 0 Å². The second-order valence-electron chi connectivity index (χ2n) is 3.52. The molecular formula is C11H10F2N4. The fourth-order valence-corrected chi connectivity index (χ4v) is 1.41. The van der Waals surface area contributed by atoms with Crippen molar-refractivity contribution in [3.05, 3.63) is 48.1 Å². The zero-order chi connectivity index (χ0) is 12.3. The lowest BCUT2D eigenvalue weighted by molar-refractivity contribution is 0.453. The number of aromatic nitrogens is 3. The van der Waals surface area contributed by atoms with Gasteiger partial charge in [-0.2, -0.15) is 23.7 Å². The highest BCUT2D eigenvalue weighted by molar-refractivity contribution is 5.29. The van der Waals surface area contributed by atoms with Gasteiger partial charge in [-0.1, -0.05) is 30.3 Å². The first-order valence-electron chi connectivity index (χ1n) is 4.97. The molecular weight excluding hydrogens is 226 g/mol. The molecule has 0 aliphatic heterocycles. The van der Waals surface area contributed by atoms with E-state index in [1.807, 2.05) is 30.3 Å². The number of rotatable bonds is 3. The maximum atomic E-state index is 12.8. The predicted molar refractivity (Wildman–Crippen MR) is 58.3 cm³/mol. The minimum atomic E-state index is -1.12. The van der Waals surface area contributed by atoms with Crippen LogP contribution in [0.4, 0.5) is 14.7 Å². The van der Waals surface area contributed by atoms with Crippen LogP contribution in [0.2, 0.25) is 0 Å². The van der Waals surface area contributed by atoms with Crippen molar-refractivity contribution in [1.82, 2.24) is 15.0 Å². The number of halogens is 2. The summed E-state index contributed by atoms with van der Waals surface area (Å²) in [4.78, 5) is 11.2. The van der Waals surface area contributed by atoms with Crippen LogP contribution in [0, 0.1) is 12.2 Å². The summed E-state index contributed by atoms with van der Waals surface area (Å²) in [5.41, 5.74) is 0.997. The Bertz CT molecular complexity index is 484. The molecule has 0 saturated heterocycles. The number of hydrogen-bond donors (Lipinski definition) is 0. The van der Waals surface area contributed by atoms with Crippen LogP contribution < -0.4 is 4.90 Å². The summed E-state index contributed by atoms with van der Waals surface area (Å²) in [6.07, 6.45) is -2.24. The number of anilines is 1. The van der Waals surface area contributed by atoms with Gasteiger partial charge in [0.05, 0.1) is 0 Å². The van der Waals surface area contributed by atoms with Gasteiger partial charge in [-0.3, -0.25) is 0 Å². The maximum Gasteiger partial charge on any atom is 0.315 e. The van der Waals surface area contributed by atoms with Crippen molar-refractivity contribution in [2.75, 3.05) is 11.9 Å². The topological polar surface area (TPSA) is 41.9 Å². The van der Waals surface area contributed by atoms with Crippen LogP contribution in [0.3, 0.4) is 0 Å². The molecule has 2 rings (SSSR count). The molecule has 0 N–H and O–H groups in total. The Morgan fingerprint density at radius 3 is 2.18 bits per heavy atom. The molecule has 0 radical (unpaired) electrons. The molecule has 6 heteroatoms. The summed E-state index contributed by atoms with van der Waals surface area (Å²) in [5.74, 6) is -0.0288. The van der Waals surface area contributed by atoms with Crippen molar-refractivity contribution in [3.63, 3.8) is 0 Å². The lowest BCUT2D eigenvalue weighted by Gasteiger charge is -2.16. The Hall–Kier alpha value is -2.11. The first-order valence-corrected chi connectivity index (χ1v) is 4.97. The van der Waals surface area contributed by atoms with Crippen LogP contribution in [0.15, 0.2) is 30.3 Å². The van der Waals surface area contributed by atoms with Crippen molar-refractivity contribution in [3.8, 4) is 0 Å². The third-order valence-corrected chi connectivity index (χ3v) is 2.17. The fourth-order valence-electron chi connectivity index (χ4n) is 1.41. The van der Waals surface area contributed by atoms with E-state index < -0.39 is 12.2 Å². The molecule has 0 aliphatic carbocycles. The van der Waals surface area contributed by atoms with E-state index in [1.54, 1.807) is 11.9 Å². The molecule has 4 nitrogen and oxygen atoms in total. The highest BCUT2D eigenvalue weighted by Gasteiger charge is 2.10. The van der Waals surface area contributed by atoms with Gasteiger partial charge >= 0.3 is 12.2 Å². The van der Waals surface area contributed by atoms with E-state index in [0.717, 1.165) is 5.56 Å². The SMILES string of the molecule is CN(Cc1ccccc1)c1nc(F)nc(F)n1. The molecule has 0 unspecified atom stereocenters. The molecule has 17 heavy (non-hydrogen) atoms. The van der Waals surface area contributed by atoms with Crippen molar-refractivity contribution in [2.45, 2.75) is 6.54 Å². The van der Waals surface area contributed by atoms with Crippen molar-refractivity contribution >= 4 is 5.95 Å². The van der Waals surface area contributed by atoms with Crippen LogP contribution in [0.5, 0.6) is 0 Å². The van der Waals surface area contributed by atoms with E-state index in [4.69, 9.17) is 0 Å². The molecule has 88 valence electrons. The molecule has 2 aromatic rings. The summed E-state index contributed by atoms with van der Waals surface area (Å²) < 4.78 is 25.6. The second-order valence-corrected chi connectivity index (χ2v) is 3.52. The summed E-state index contributed by atoms with van der Waals surface area (Å²) >= 11 is 0. The van der Waals surface area contributed by atoms with E-state index in [0.29, 0.717) is 6.54 Å². The molecule has 0 saturated carbocycles. The van der Waals surface area contributed by atoms with Gasteiger partial charge in [0.2, 0.25) is 5.95 Å². The smallest absolute Gasteiger partial charge is 0.315 e. The molecule has 0 amide bonds. The van der Waals surface area contributed by atoms with Gasteiger partial charge in [0, 0.05) is 13.6 Å². The van der Waals surface area contributed by atoms with Gasteiger partial charge in [0.15, 0.2) is 0 Å². The molecule has 0 atom stereocenters. The van der Waals surface area contributed by atoms with Crippen LogP contribution in [0.25, 0.3) is 0 Å². The first kappa shape index (κ1) is 11.4. The Labute approximate surface area is 97.0 Å². The van der Waals surface area contributed by atoms with Crippen LogP contribution in [-0.4, -0.2) is 22.0 Å². The Balaban J connectivity index is 2.17. The Morgan fingerprint density at radius 1 is 1.00 bits per heavy atom. The normalized spacial score (nSPS) is 10.3.